The van der Waals surface area contributed by atoms with Crippen LogP contribution in [0.15, 0.2) is 0 Å². The summed E-state index contributed by atoms with van der Waals surface area (Å²) in [5.74, 6) is 0.480. The maximum Gasteiger partial charge on any atom is 0.138 e. The fraction of sp³-hybridized carbons (Fsp3) is 0.889. The first-order valence-electron chi connectivity index (χ1n) is 4.56. The molecule has 0 aromatic carbocycles. The van der Waals surface area contributed by atoms with Gasteiger partial charge in [0.2, 0.25) is 0 Å². The second-order valence-electron chi connectivity index (χ2n) is 3.54. The number of hydrogen-bond acceptors (Lipinski definition) is 3. The normalized spacial score (nSPS) is 25.7. The number of carbonyl (C=O) groups excluding carboxylic acids is 1. The zero-order valence-electron chi connectivity index (χ0n) is 7.58. The van der Waals surface area contributed by atoms with E-state index in [9.17, 15) is 4.79 Å². The quantitative estimate of drug-likeness (QED) is 0.678. The van der Waals surface area contributed by atoms with E-state index < -0.39 is 0 Å². The molecule has 2 unspecified atom stereocenters. The Kier molecular flexibility index (Phi) is 3.69. The molecule has 12 heavy (non-hydrogen) atoms. The van der Waals surface area contributed by atoms with Gasteiger partial charge in [-0.2, -0.15) is 0 Å². The van der Waals surface area contributed by atoms with Crippen LogP contribution >= 0.6 is 0 Å². The number of ether oxygens (including phenoxy) is 1. The van der Waals surface area contributed by atoms with Gasteiger partial charge in [0.1, 0.15) is 5.78 Å². The molecule has 0 amide bonds. The number of Topliss-reactive ketones (excluding diaryl/α,β-unsaturated/α-hetero) is 1. The van der Waals surface area contributed by atoms with E-state index in [1.54, 1.807) is 0 Å². The molecule has 0 radical (unpaired) electrons. The van der Waals surface area contributed by atoms with Crippen molar-refractivity contribution < 1.29 is 9.53 Å². The number of carbonyl (C=O) groups is 1. The van der Waals surface area contributed by atoms with E-state index >= 15 is 0 Å². The van der Waals surface area contributed by atoms with E-state index in [4.69, 9.17) is 10.5 Å². The monoisotopic (exact) mass is 171 g/mol. The van der Waals surface area contributed by atoms with Crippen LogP contribution in [0.25, 0.3) is 0 Å². The summed E-state index contributed by atoms with van der Waals surface area (Å²) in [6.45, 7) is 3.30. The zero-order chi connectivity index (χ0) is 8.97. The van der Waals surface area contributed by atoms with Gasteiger partial charge in [0.25, 0.3) is 0 Å². The highest BCUT2D eigenvalue weighted by Crippen LogP contribution is 2.15. The van der Waals surface area contributed by atoms with Crippen molar-refractivity contribution >= 4 is 5.78 Å². The average Bonchev–Trinajstić information content (AvgIpc) is 2.51. The van der Waals surface area contributed by atoms with Crippen LogP contribution in [0.4, 0.5) is 0 Å². The van der Waals surface area contributed by atoms with E-state index in [0.29, 0.717) is 18.8 Å². The maximum atomic E-state index is 11.4. The summed E-state index contributed by atoms with van der Waals surface area (Å²) in [5.41, 5.74) is 5.56. The van der Waals surface area contributed by atoms with E-state index in [0.717, 1.165) is 19.4 Å². The number of nitrogens with two attached hydrogens (primary N) is 1. The van der Waals surface area contributed by atoms with Crippen molar-refractivity contribution in [2.45, 2.75) is 32.2 Å². The Bertz CT molecular complexity index is 151. The molecule has 1 aliphatic heterocycles. The SMILES string of the molecule is CC(N)CCC(=O)C1CCOC1. The molecular formula is C9H17NO2. The lowest BCUT2D eigenvalue weighted by atomic mass is 9.98. The Balaban J connectivity index is 2.18. The highest BCUT2D eigenvalue weighted by molar-refractivity contribution is 5.81. The van der Waals surface area contributed by atoms with Gasteiger partial charge in [0.05, 0.1) is 6.61 Å². The molecule has 0 spiro atoms. The summed E-state index contributed by atoms with van der Waals surface area (Å²) in [5, 5.41) is 0. The average molecular weight is 171 g/mol. The second-order valence-corrected chi connectivity index (χ2v) is 3.54. The Hall–Kier alpha value is -0.410. The number of rotatable bonds is 4. The highest BCUT2D eigenvalue weighted by atomic mass is 16.5. The molecule has 70 valence electrons. The van der Waals surface area contributed by atoms with Crippen LogP contribution in [0.3, 0.4) is 0 Å². The van der Waals surface area contributed by atoms with Crippen molar-refractivity contribution in [2.24, 2.45) is 11.7 Å². The molecule has 1 aliphatic rings. The molecule has 1 fully saturated rings. The van der Waals surface area contributed by atoms with Crippen molar-refractivity contribution in [1.82, 2.24) is 0 Å². The van der Waals surface area contributed by atoms with Crippen molar-refractivity contribution in [3.05, 3.63) is 0 Å². The minimum atomic E-state index is 0.135. The Morgan fingerprint density at radius 3 is 3.00 bits per heavy atom. The smallest absolute Gasteiger partial charge is 0.138 e. The van der Waals surface area contributed by atoms with Crippen LogP contribution in [-0.2, 0) is 9.53 Å². The molecular weight excluding hydrogens is 154 g/mol. The minimum absolute atomic E-state index is 0.135. The molecule has 2 atom stereocenters. The molecule has 0 saturated carbocycles. The van der Waals surface area contributed by atoms with Gasteiger partial charge in [0.15, 0.2) is 0 Å². The van der Waals surface area contributed by atoms with Gasteiger partial charge in [-0.15, -0.1) is 0 Å². The summed E-state index contributed by atoms with van der Waals surface area (Å²) >= 11 is 0. The summed E-state index contributed by atoms with van der Waals surface area (Å²) in [7, 11) is 0. The van der Waals surface area contributed by atoms with E-state index in [2.05, 4.69) is 0 Å². The first-order chi connectivity index (χ1) is 5.70. The summed E-state index contributed by atoms with van der Waals surface area (Å²) in [6.07, 6.45) is 2.32. The third-order valence-corrected chi connectivity index (χ3v) is 2.23. The lowest BCUT2D eigenvalue weighted by Crippen LogP contribution is -2.20. The molecule has 1 saturated heterocycles. The molecule has 2 N–H and O–H groups in total. The van der Waals surface area contributed by atoms with Crippen molar-refractivity contribution in [1.29, 1.82) is 0 Å². The van der Waals surface area contributed by atoms with E-state index in [1.807, 2.05) is 6.92 Å². The third-order valence-electron chi connectivity index (χ3n) is 2.23. The number of hydrogen-bond donors (Lipinski definition) is 1. The largest absolute Gasteiger partial charge is 0.381 e. The van der Waals surface area contributed by atoms with Crippen molar-refractivity contribution in [3.63, 3.8) is 0 Å². The van der Waals surface area contributed by atoms with E-state index in [1.165, 1.54) is 0 Å². The van der Waals surface area contributed by atoms with Gasteiger partial charge in [-0.25, -0.2) is 0 Å². The molecule has 3 nitrogen and oxygen atoms in total. The fourth-order valence-corrected chi connectivity index (χ4v) is 1.36. The number of ketones is 1. The Morgan fingerprint density at radius 2 is 2.50 bits per heavy atom. The zero-order valence-corrected chi connectivity index (χ0v) is 7.58. The second kappa shape index (κ2) is 4.58. The summed E-state index contributed by atoms with van der Waals surface area (Å²) in [6, 6.07) is 0.135. The lowest BCUT2D eigenvalue weighted by Gasteiger charge is -2.07. The van der Waals surface area contributed by atoms with Crippen LogP contribution < -0.4 is 5.73 Å². The predicted octanol–water partition coefficient (Wildman–Crippen LogP) is 0.719. The maximum absolute atomic E-state index is 11.4. The fourth-order valence-electron chi connectivity index (χ4n) is 1.36. The Labute approximate surface area is 73.3 Å². The Morgan fingerprint density at radius 1 is 1.75 bits per heavy atom. The van der Waals surface area contributed by atoms with Gasteiger partial charge in [-0.1, -0.05) is 0 Å². The summed E-state index contributed by atoms with van der Waals surface area (Å²) in [4.78, 5) is 11.4. The van der Waals surface area contributed by atoms with Crippen LogP contribution in [0, 0.1) is 5.92 Å². The molecule has 1 rings (SSSR count). The molecule has 0 aromatic heterocycles. The van der Waals surface area contributed by atoms with Gasteiger partial charge in [-0.05, 0) is 19.8 Å². The predicted molar refractivity (Wildman–Crippen MR) is 46.8 cm³/mol. The topological polar surface area (TPSA) is 52.3 Å². The molecule has 0 bridgehead atoms. The minimum Gasteiger partial charge on any atom is -0.381 e. The van der Waals surface area contributed by atoms with Gasteiger partial charge >= 0.3 is 0 Å². The molecule has 1 heterocycles. The van der Waals surface area contributed by atoms with Gasteiger partial charge in [0, 0.05) is 25.0 Å². The van der Waals surface area contributed by atoms with Gasteiger partial charge in [-0.3, -0.25) is 4.79 Å². The first kappa shape index (κ1) is 9.68. The lowest BCUT2D eigenvalue weighted by molar-refractivity contribution is -0.123. The van der Waals surface area contributed by atoms with Crippen molar-refractivity contribution in [3.8, 4) is 0 Å². The van der Waals surface area contributed by atoms with Crippen LogP contribution in [0.2, 0.25) is 0 Å². The summed E-state index contributed by atoms with van der Waals surface area (Å²) < 4.78 is 5.13. The van der Waals surface area contributed by atoms with Crippen LogP contribution in [0.1, 0.15) is 26.2 Å². The first-order valence-corrected chi connectivity index (χ1v) is 4.56. The third kappa shape index (κ3) is 2.91. The van der Waals surface area contributed by atoms with Crippen LogP contribution in [0.5, 0.6) is 0 Å². The highest BCUT2D eigenvalue weighted by Gasteiger charge is 2.22. The van der Waals surface area contributed by atoms with Crippen LogP contribution in [-0.4, -0.2) is 25.0 Å². The molecule has 0 aliphatic carbocycles. The van der Waals surface area contributed by atoms with Crippen molar-refractivity contribution in [2.75, 3.05) is 13.2 Å². The van der Waals surface area contributed by atoms with Gasteiger partial charge < -0.3 is 10.5 Å². The molecule has 0 aromatic rings. The van der Waals surface area contributed by atoms with E-state index in [-0.39, 0.29) is 12.0 Å². The molecule has 3 heteroatoms. The standard InChI is InChI=1S/C9H17NO2/c1-7(10)2-3-9(11)8-4-5-12-6-8/h7-8H,2-6,10H2,1H3.